The molecule has 0 bridgehead atoms. The number of aromatic carboxylic acids is 1. The van der Waals surface area contributed by atoms with Crippen LogP contribution in [0.2, 0.25) is 5.15 Å². The van der Waals surface area contributed by atoms with Gasteiger partial charge in [-0.3, -0.25) is 0 Å². The number of hydrogen-bond acceptors (Lipinski definition) is 3. The number of pyridine rings is 1. The van der Waals surface area contributed by atoms with Gasteiger partial charge in [0.25, 0.3) is 0 Å². The second-order valence-corrected chi connectivity index (χ2v) is 3.09. The summed E-state index contributed by atoms with van der Waals surface area (Å²) in [5.74, 6) is -0.645. The van der Waals surface area contributed by atoms with E-state index in [4.69, 9.17) is 16.7 Å². The van der Waals surface area contributed by atoms with Gasteiger partial charge in [0.15, 0.2) is 0 Å². The molecule has 0 saturated heterocycles. The van der Waals surface area contributed by atoms with Crippen LogP contribution < -0.4 is 4.90 Å². The van der Waals surface area contributed by atoms with Gasteiger partial charge in [0, 0.05) is 14.1 Å². The zero-order valence-electron chi connectivity index (χ0n) is 7.28. The fourth-order valence-corrected chi connectivity index (χ4v) is 1.08. The van der Waals surface area contributed by atoms with Crippen LogP contribution in [0.3, 0.4) is 0 Å². The van der Waals surface area contributed by atoms with Crippen molar-refractivity contribution in [2.24, 2.45) is 0 Å². The maximum Gasteiger partial charge on any atom is 0.339 e. The summed E-state index contributed by atoms with van der Waals surface area (Å²) in [6.45, 7) is 0. The first-order chi connectivity index (χ1) is 6.02. The summed E-state index contributed by atoms with van der Waals surface area (Å²) < 4.78 is 0. The quantitative estimate of drug-likeness (QED) is 0.736. The molecule has 0 atom stereocenters. The van der Waals surface area contributed by atoms with E-state index in [1.54, 1.807) is 19.0 Å². The molecule has 70 valence electrons. The normalized spacial score (nSPS) is 9.77. The molecule has 0 saturated carbocycles. The highest BCUT2D eigenvalue weighted by molar-refractivity contribution is 6.29. The number of halogens is 1. The Kier molecular flexibility index (Phi) is 2.72. The van der Waals surface area contributed by atoms with Crippen molar-refractivity contribution in [2.75, 3.05) is 19.0 Å². The number of aromatic nitrogens is 1. The minimum absolute atomic E-state index is 0.148. The van der Waals surface area contributed by atoms with Crippen molar-refractivity contribution < 1.29 is 9.90 Å². The minimum atomic E-state index is -1.01. The second kappa shape index (κ2) is 3.62. The van der Waals surface area contributed by atoms with E-state index in [0.717, 1.165) is 0 Å². The second-order valence-electron chi connectivity index (χ2n) is 2.70. The lowest BCUT2D eigenvalue weighted by atomic mass is 10.2. The summed E-state index contributed by atoms with van der Waals surface area (Å²) in [5.41, 5.74) is 0.148. The Bertz CT molecular complexity index is 339. The average molecular weight is 201 g/mol. The Labute approximate surface area is 80.8 Å². The molecule has 0 unspecified atom stereocenters. The van der Waals surface area contributed by atoms with Gasteiger partial charge in [0.1, 0.15) is 16.5 Å². The van der Waals surface area contributed by atoms with E-state index >= 15 is 0 Å². The third kappa shape index (κ3) is 2.09. The van der Waals surface area contributed by atoms with E-state index in [9.17, 15) is 4.79 Å². The molecule has 13 heavy (non-hydrogen) atoms. The molecule has 5 heteroatoms. The summed E-state index contributed by atoms with van der Waals surface area (Å²) >= 11 is 5.63. The van der Waals surface area contributed by atoms with Crippen LogP contribution >= 0.6 is 11.6 Å². The lowest BCUT2D eigenvalue weighted by Gasteiger charge is -2.13. The zero-order chi connectivity index (χ0) is 10.0. The Hall–Kier alpha value is -1.29. The number of rotatable bonds is 2. The van der Waals surface area contributed by atoms with Crippen molar-refractivity contribution in [3.63, 3.8) is 0 Å². The number of carbonyl (C=O) groups is 1. The van der Waals surface area contributed by atoms with Gasteiger partial charge < -0.3 is 10.0 Å². The first kappa shape index (κ1) is 9.80. The van der Waals surface area contributed by atoms with E-state index in [1.807, 2.05) is 0 Å². The summed E-state index contributed by atoms with van der Waals surface area (Å²) in [5, 5.41) is 9.08. The summed E-state index contributed by atoms with van der Waals surface area (Å²) in [6.07, 6.45) is 0. The van der Waals surface area contributed by atoms with Gasteiger partial charge in [0.2, 0.25) is 0 Å². The fraction of sp³-hybridized carbons (Fsp3) is 0.250. The first-order valence-electron chi connectivity index (χ1n) is 3.59. The highest BCUT2D eigenvalue weighted by Gasteiger charge is 2.12. The Morgan fingerprint density at radius 1 is 1.54 bits per heavy atom. The molecule has 1 rings (SSSR count). The number of hydrogen-bond donors (Lipinski definition) is 1. The van der Waals surface area contributed by atoms with E-state index < -0.39 is 5.97 Å². The molecule has 0 aliphatic rings. The predicted octanol–water partition coefficient (Wildman–Crippen LogP) is 1.50. The molecular formula is C8H9ClN2O2. The summed E-state index contributed by atoms with van der Waals surface area (Å²) in [7, 11) is 3.43. The Balaban J connectivity index is 3.26. The van der Waals surface area contributed by atoms with Gasteiger partial charge in [-0.15, -0.1) is 0 Å². The predicted molar refractivity (Wildman–Crippen MR) is 50.5 cm³/mol. The van der Waals surface area contributed by atoms with Gasteiger partial charge in [0.05, 0.1) is 0 Å². The monoisotopic (exact) mass is 200 g/mol. The minimum Gasteiger partial charge on any atom is -0.478 e. The third-order valence-corrected chi connectivity index (χ3v) is 1.71. The van der Waals surface area contributed by atoms with Gasteiger partial charge in [-0.2, -0.15) is 0 Å². The molecule has 1 N–H and O–H groups in total. The number of nitrogens with zero attached hydrogens (tertiary/aromatic N) is 2. The molecule has 0 radical (unpaired) electrons. The van der Waals surface area contributed by atoms with Gasteiger partial charge in [-0.1, -0.05) is 11.6 Å². The molecule has 0 spiro atoms. The molecule has 0 aromatic carbocycles. The molecule has 0 aliphatic carbocycles. The number of anilines is 1. The topological polar surface area (TPSA) is 53.4 Å². The molecule has 0 aliphatic heterocycles. The summed E-state index contributed by atoms with van der Waals surface area (Å²) in [4.78, 5) is 16.2. The van der Waals surface area contributed by atoms with Crippen molar-refractivity contribution in [1.82, 2.24) is 4.98 Å². The molecule has 0 amide bonds. The van der Waals surface area contributed by atoms with E-state index in [-0.39, 0.29) is 10.7 Å². The fourth-order valence-electron chi connectivity index (χ4n) is 0.933. The number of carboxylic acid groups (broad SMARTS) is 1. The highest BCUT2D eigenvalue weighted by atomic mass is 35.5. The van der Waals surface area contributed by atoms with E-state index in [1.165, 1.54) is 12.1 Å². The van der Waals surface area contributed by atoms with Crippen LogP contribution in [0.4, 0.5) is 5.82 Å². The molecular weight excluding hydrogens is 192 g/mol. The van der Waals surface area contributed by atoms with Crippen LogP contribution in [0.5, 0.6) is 0 Å². The van der Waals surface area contributed by atoms with Gasteiger partial charge in [-0.25, -0.2) is 9.78 Å². The smallest absolute Gasteiger partial charge is 0.339 e. The maximum atomic E-state index is 10.7. The Morgan fingerprint density at radius 3 is 2.62 bits per heavy atom. The lowest BCUT2D eigenvalue weighted by molar-refractivity contribution is 0.0697. The van der Waals surface area contributed by atoms with Crippen molar-refractivity contribution in [3.8, 4) is 0 Å². The van der Waals surface area contributed by atoms with Crippen molar-refractivity contribution in [1.29, 1.82) is 0 Å². The van der Waals surface area contributed by atoms with Crippen LogP contribution in [0.1, 0.15) is 10.4 Å². The SMILES string of the molecule is CN(C)c1nc(Cl)ccc1C(=O)O. The molecule has 1 heterocycles. The van der Waals surface area contributed by atoms with E-state index in [2.05, 4.69) is 4.98 Å². The van der Waals surface area contributed by atoms with Crippen LogP contribution in [-0.4, -0.2) is 30.2 Å². The lowest BCUT2D eigenvalue weighted by Crippen LogP contribution is -2.15. The summed E-state index contributed by atoms with van der Waals surface area (Å²) in [6, 6.07) is 2.89. The van der Waals surface area contributed by atoms with Crippen molar-refractivity contribution in [2.45, 2.75) is 0 Å². The average Bonchev–Trinajstić information content (AvgIpc) is 2.03. The van der Waals surface area contributed by atoms with Crippen LogP contribution in [-0.2, 0) is 0 Å². The zero-order valence-corrected chi connectivity index (χ0v) is 8.04. The molecule has 1 aromatic heterocycles. The number of carboxylic acids is 1. The Morgan fingerprint density at radius 2 is 2.15 bits per heavy atom. The largest absolute Gasteiger partial charge is 0.478 e. The maximum absolute atomic E-state index is 10.7. The van der Waals surface area contributed by atoms with Crippen molar-refractivity contribution >= 4 is 23.4 Å². The van der Waals surface area contributed by atoms with E-state index in [0.29, 0.717) is 5.82 Å². The first-order valence-corrected chi connectivity index (χ1v) is 3.97. The highest BCUT2D eigenvalue weighted by Crippen LogP contribution is 2.18. The van der Waals surface area contributed by atoms with Crippen LogP contribution in [0.15, 0.2) is 12.1 Å². The molecule has 4 nitrogen and oxygen atoms in total. The third-order valence-electron chi connectivity index (χ3n) is 1.50. The van der Waals surface area contributed by atoms with Gasteiger partial charge >= 0.3 is 5.97 Å². The standard InChI is InChI=1S/C8H9ClN2O2/c1-11(2)7-5(8(12)13)3-4-6(9)10-7/h3-4H,1-2H3,(H,12,13). The van der Waals surface area contributed by atoms with Crippen molar-refractivity contribution in [3.05, 3.63) is 22.8 Å². The van der Waals surface area contributed by atoms with Gasteiger partial charge in [-0.05, 0) is 12.1 Å². The van der Waals surface area contributed by atoms with Crippen LogP contribution in [0, 0.1) is 0 Å². The van der Waals surface area contributed by atoms with Crippen LogP contribution in [0.25, 0.3) is 0 Å². The molecule has 1 aromatic rings. The molecule has 0 fully saturated rings.